The quantitative estimate of drug-likeness (QED) is 0.698. The molecule has 1 heterocycles. The van der Waals surface area contributed by atoms with Gasteiger partial charge in [-0.1, -0.05) is 0 Å². The van der Waals surface area contributed by atoms with Gasteiger partial charge in [0.05, 0.1) is 6.54 Å². The molecule has 0 spiro atoms. The molecule has 1 saturated carbocycles. The SMILES string of the molecule is CNCCC1=NCCN1C(=O)C1CC1. The molecule has 1 N–H and O–H groups in total. The third-order valence-electron chi connectivity index (χ3n) is 2.72. The number of nitrogens with zero attached hydrogens (tertiary/aromatic N) is 2. The summed E-state index contributed by atoms with van der Waals surface area (Å²) in [5, 5.41) is 3.08. The average molecular weight is 195 g/mol. The molecule has 1 fully saturated rings. The third-order valence-corrected chi connectivity index (χ3v) is 2.72. The molecule has 4 nitrogen and oxygen atoms in total. The molecule has 1 aliphatic carbocycles. The maximum absolute atomic E-state index is 11.8. The fourth-order valence-corrected chi connectivity index (χ4v) is 1.73. The van der Waals surface area contributed by atoms with Crippen LogP contribution in [0.5, 0.6) is 0 Å². The Hall–Kier alpha value is -0.900. The van der Waals surface area contributed by atoms with Gasteiger partial charge in [0.25, 0.3) is 0 Å². The Morgan fingerprint density at radius 1 is 1.64 bits per heavy atom. The van der Waals surface area contributed by atoms with Gasteiger partial charge >= 0.3 is 0 Å². The highest BCUT2D eigenvalue weighted by Gasteiger charge is 2.36. The van der Waals surface area contributed by atoms with E-state index in [4.69, 9.17) is 0 Å². The standard InChI is InChI=1S/C10H17N3O/c1-11-5-4-9-12-6-7-13(9)10(14)8-2-3-8/h8,11H,2-7H2,1H3. The summed E-state index contributed by atoms with van der Waals surface area (Å²) >= 11 is 0. The third kappa shape index (κ3) is 1.95. The predicted molar refractivity (Wildman–Crippen MR) is 55.3 cm³/mol. The lowest BCUT2D eigenvalue weighted by Crippen LogP contribution is -2.36. The number of amidine groups is 1. The lowest BCUT2D eigenvalue weighted by molar-refractivity contribution is -0.128. The van der Waals surface area contributed by atoms with Crippen LogP contribution < -0.4 is 5.32 Å². The zero-order valence-electron chi connectivity index (χ0n) is 8.62. The minimum atomic E-state index is 0.303. The fraction of sp³-hybridized carbons (Fsp3) is 0.800. The van der Waals surface area contributed by atoms with Crippen LogP contribution in [-0.2, 0) is 4.79 Å². The van der Waals surface area contributed by atoms with Crippen molar-refractivity contribution in [2.45, 2.75) is 19.3 Å². The highest BCUT2D eigenvalue weighted by atomic mass is 16.2. The van der Waals surface area contributed by atoms with E-state index in [0.29, 0.717) is 11.8 Å². The summed E-state index contributed by atoms with van der Waals surface area (Å²) in [6.45, 7) is 2.49. The number of rotatable bonds is 4. The van der Waals surface area contributed by atoms with Crippen LogP contribution in [0.1, 0.15) is 19.3 Å². The number of aliphatic imine (C=N–C) groups is 1. The van der Waals surface area contributed by atoms with Gasteiger partial charge < -0.3 is 5.32 Å². The molecule has 14 heavy (non-hydrogen) atoms. The van der Waals surface area contributed by atoms with Crippen molar-refractivity contribution < 1.29 is 4.79 Å². The van der Waals surface area contributed by atoms with Crippen LogP contribution in [0.3, 0.4) is 0 Å². The number of amides is 1. The van der Waals surface area contributed by atoms with Crippen molar-refractivity contribution in [3.05, 3.63) is 0 Å². The second kappa shape index (κ2) is 4.09. The van der Waals surface area contributed by atoms with E-state index in [1.807, 2.05) is 11.9 Å². The van der Waals surface area contributed by atoms with Crippen LogP contribution in [0.15, 0.2) is 4.99 Å². The van der Waals surface area contributed by atoms with E-state index in [2.05, 4.69) is 10.3 Å². The molecule has 1 aliphatic heterocycles. The zero-order chi connectivity index (χ0) is 9.97. The number of hydrogen-bond donors (Lipinski definition) is 1. The molecular weight excluding hydrogens is 178 g/mol. The summed E-state index contributed by atoms with van der Waals surface area (Å²) in [6.07, 6.45) is 3.03. The molecule has 2 aliphatic rings. The Morgan fingerprint density at radius 3 is 3.07 bits per heavy atom. The Balaban J connectivity index is 1.91. The van der Waals surface area contributed by atoms with Crippen molar-refractivity contribution in [1.29, 1.82) is 0 Å². The first-order valence-electron chi connectivity index (χ1n) is 5.32. The van der Waals surface area contributed by atoms with Crippen molar-refractivity contribution in [2.75, 3.05) is 26.7 Å². The minimum Gasteiger partial charge on any atom is -0.319 e. The lowest BCUT2D eigenvalue weighted by atomic mass is 10.3. The van der Waals surface area contributed by atoms with Gasteiger partial charge in [0, 0.05) is 25.4 Å². The highest BCUT2D eigenvalue weighted by Crippen LogP contribution is 2.31. The Bertz CT molecular complexity index is 258. The van der Waals surface area contributed by atoms with E-state index < -0.39 is 0 Å². The summed E-state index contributed by atoms with van der Waals surface area (Å²) in [5.41, 5.74) is 0. The van der Waals surface area contributed by atoms with Crippen molar-refractivity contribution in [2.24, 2.45) is 10.9 Å². The van der Waals surface area contributed by atoms with Crippen molar-refractivity contribution in [1.82, 2.24) is 10.2 Å². The topological polar surface area (TPSA) is 44.7 Å². The molecule has 0 saturated heterocycles. The summed E-state index contributed by atoms with van der Waals surface area (Å²) in [7, 11) is 1.92. The minimum absolute atomic E-state index is 0.303. The molecule has 0 aromatic carbocycles. The van der Waals surface area contributed by atoms with Gasteiger partial charge in [-0.3, -0.25) is 14.7 Å². The Kier molecular flexibility index (Phi) is 2.82. The maximum Gasteiger partial charge on any atom is 0.231 e. The second-order valence-electron chi connectivity index (χ2n) is 3.92. The number of hydrogen-bond acceptors (Lipinski definition) is 3. The van der Waals surface area contributed by atoms with E-state index in [1.54, 1.807) is 0 Å². The molecule has 0 aromatic rings. The molecule has 0 unspecified atom stereocenters. The number of carbonyl (C=O) groups excluding carboxylic acids is 1. The molecule has 0 bridgehead atoms. The summed E-state index contributed by atoms with van der Waals surface area (Å²) in [6, 6.07) is 0. The first-order valence-corrected chi connectivity index (χ1v) is 5.32. The summed E-state index contributed by atoms with van der Waals surface area (Å²) in [4.78, 5) is 18.1. The van der Waals surface area contributed by atoms with Gasteiger partial charge in [-0.25, -0.2) is 0 Å². The van der Waals surface area contributed by atoms with Crippen LogP contribution in [0.25, 0.3) is 0 Å². The number of carbonyl (C=O) groups is 1. The fourth-order valence-electron chi connectivity index (χ4n) is 1.73. The van der Waals surface area contributed by atoms with Gasteiger partial charge in [-0.15, -0.1) is 0 Å². The zero-order valence-corrected chi connectivity index (χ0v) is 8.62. The van der Waals surface area contributed by atoms with Gasteiger partial charge in [0.1, 0.15) is 5.84 Å². The van der Waals surface area contributed by atoms with Gasteiger partial charge in [-0.05, 0) is 19.9 Å². The largest absolute Gasteiger partial charge is 0.319 e. The molecule has 78 valence electrons. The first-order chi connectivity index (χ1) is 6.83. The van der Waals surface area contributed by atoms with Crippen molar-refractivity contribution >= 4 is 11.7 Å². The molecule has 0 atom stereocenters. The van der Waals surface area contributed by atoms with E-state index in [9.17, 15) is 4.79 Å². The highest BCUT2D eigenvalue weighted by molar-refractivity contribution is 6.01. The van der Waals surface area contributed by atoms with Crippen LogP contribution >= 0.6 is 0 Å². The van der Waals surface area contributed by atoms with E-state index >= 15 is 0 Å². The van der Waals surface area contributed by atoms with Crippen molar-refractivity contribution in [3.63, 3.8) is 0 Å². The Labute approximate surface area is 84.4 Å². The Morgan fingerprint density at radius 2 is 2.43 bits per heavy atom. The smallest absolute Gasteiger partial charge is 0.231 e. The molecule has 0 radical (unpaired) electrons. The molecule has 0 aromatic heterocycles. The summed E-state index contributed by atoms with van der Waals surface area (Å²) < 4.78 is 0. The molecule has 4 heteroatoms. The second-order valence-corrected chi connectivity index (χ2v) is 3.92. The lowest BCUT2D eigenvalue weighted by Gasteiger charge is -2.17. The van der Waals surface area contributed by atoms with Gasteiger partial charge in [-0.2, -0.15) is 0 Å². The van der Waals surface area contributed by atoms with Crippen LogP contribution in [-0.4, -0.2) is 43.3 Å². The van der Waals surface area contributed by atoms with Crippen LogP contribution in [0.4, 0.5) is 0 Å². The van der Waals surface area contributed by atoms with Crippen LogP contribution in [0, 0.1) is 5.92 Å². The van der Waals surface area contributed by atoms with Crippen molar-refractivity contribution in [3.8, 4) is 0 Å². The summed E-state index contributed by atoms with van der Waals surface area (Å²) in [5.74, 6) is 1.60. The molecular formula is C10H17N3O. The van der Waals surface area contributed by atoms with Gasteiger partial charge in [0.2, 0.25) is 5.91 Å². The molecule has 1 amide bonds. The van der Waals surface area contributed by atoms with Gasteiger partial charge in [0.15, 0.2) is 0 Å². The monoisotopic (exact) mass is 195 g/mol. The normalized spacial score (nSPS) is 21.2. The van der Waals surface area contributed by atoms with Crippen LogP contribution in [0.2, 0.25) is 0 Å². The average Bonchev–Trinajstić information content (AvgIpc) is 2.93. The van der Waals surface area contributed by atoms with E-state index in [1.165, 1.54) is 0 Å². The molecule has 2 rings (SSSR count). The predicted octanol–water partition coefficient (Wildman–Crippen LogP) is 0.247. The first kappa shape index (κ1) is 9.65. The number of nitrogens with one attached hydrogen (secondary N) is 1. The van der Waals surface area contributed by atoms with E-state index in [0.717, 1.165) is 44.7 Å². The maximum atomic E-state index is 11.8. The van der Waals surface area contributed by atoms with E-state index in [-0.39, 0.29) is 0 Å².